The average molecular weight is 495 g/mol. The highest BCUT2D eigenvalue weighted by atomic mass is 16.6. The second-order valence-electron chi connectivity index (χ2n) is 10.5. The smallest absolute Gasteiger partial charge is 0.410 e. The molecule has 0 unspecified atom stereocenters. The van der Waals surface area contributed by atoms with Gasteiger partial charge in [0, 0.05) is 26.2 Å². The number of benzene rings is 1. The zero-order chi connectivity index (χ0) is 25.9. The molecule has 0 spiro atoms. The average Bonchev–Trinajstić information content (AvgIpc) is 2.73. The first-order valence-electron chi connectivity index (χ1n) is 12.2. The van der Waals surface area contributed by atoms with Gasteiger partial charge in [-0.25, -0.2) is 9.59 Å². The Morgan fingerprint density at radius 2 is 1.06 bits per heavy atom. The Balaban J connectivity index is 2.22. The molecule has 1 aliphatic rings. The van der Waals surface area contributed by atoms with Crippen molar-refractivity contribution in [2.75, 3.05) is 52.7 Å². The van der Waals surface area contributed by atoms with E-state index in [1.165, 1.54) is 0 Å². The fourth-order valence-electron chi connectivity index (χ4n) is 3.28. The molecule has 0 saturated heterocycles. The molecule has 1 aromatic rings. The van der Waals surface area contributed by atoms with Crippen LogP contribution in [-0.2, 0) is 36.8 Å². The molecule has 0 atom stereocenters. The van der Waals surface area contributed by atoms with Crippen molar-refractivity contribution in [2.24, 2.45) is 0 Å². The van der Waals surface area contributed by atoms with Crippen LogP contribution in [0.15, 0.2) is 24.3 Å². The molecule has 1 heterocycles. The predicted octanol–water partition coefficient (Wildman–Crippen LogP) is 4.22. The van der Waals surface area contributed by atoms with Crippen molar-refractivity contribution in [1.29, 1.82) is 0 Å². The van der Waals surface area contributed by atoms with Crippen LogP contribution in [0.4, 0.5) is 9.59 Å². The van der Waals surface area contributed by atoms with Crippen LogP contribution in [-0.4, -0.2) is 85.9 Å². The van der Waals surface area contributed by atoms with Gasteiger partial charge < -0.3 is 33.5 Å². The molecule has 1 aliphatic heterocycles. The molecule has 2 rings (SSSR count). The van der Waals surface area contributed by atoms with E-state index in [0.29, 0.717) is 65.8 Å². The van der Waals surface area contributed by atoms with Crippen LogP contribution in [0, 0.1) is 0 Å². The molecule has 0 aromatic heterocycles. The maximum atomic E-state index is 12.8. The van der Waals surface area contributed by atoms with Crippen molar-refractivity contribution < 1.29 is 33.3 Å². The number of nitrogens with zero attached hydrogens (tertiary/aromatic N) is 2. The number of ether oxygens (including phenoxy) is 5. The van der Waals surface area contributed by atoms with Crippen molar-refractivity contribution in [2.45, 2.75) is 65.8 Å². The number of fused-ring (bicyclic) bond motifs is 2. The van der Waals surface area contributed by atoms with Gasteiger partial charge in [0.2, 0.25) is 0 Å². The van der Waals surface area contributed by atoms with Crippen LogP contribution >= 0.6 is 0 Å². The van der Waals surface area contributed by atoms with Gasteiger partial charge in [-0.05, 0) is 52.7 Å². The lowest BCUT2D eigenvalue weighted by Crippen LogP contribution is -2.39. The number of amides is 2. The molecule has 0 saturated carbocycles. The first-order chi connectivity index (χ1) is 16.4. The summed E-state index contributed by atoms with van der Waals surface area (Å²) < 4.78 is 28.0. The summed E-state index contributed by atoms with van der Waals surface area (Å²) in [5, 5.41) is 0. The first-order valence-corrected chi connectivity index (χ1v) is 12.2. The predicted molar refractivity (Wildman–Crippen MR) is 132 cm³/mol. The summed E-state index contributed by atoms with van der Waals surface area (Å²) in [7, 11) is 0. The van der Waals surface area contributed by atoms with Crippen LogP contribution in [0.5, 0.6) is 0 Å². The Hall–Kier alpha value is -2.36. The lowest BCUT2D eigenvalue weighted by atomic mass is 10.1. The van der Waals surface area contributed by atoms with Crippen molar-refractivity contribution in [1.82, 2.24) is 9.80 Å². The Labute approximate surface area is 209 Å². The van der Waals surface area contributed by atoms with E-state index in [-0.39, 0.29) is 0 Å². The zero-order valence-corrected chi connectivity index (χ0v) is 22.1. The van der Waals surface area contributed by atoms with Gasteiger partial charge in [0.15, 0.2) is 0 Å². The van der Waals surface area contributed by atoms with E-state index in [1.54, 1.807) is 9.80 Å². The van der Waals surface area contributed by atoms with Crippen molar-refractivity contribution in [3.8, 4) is 0 Å². The molecular formula is C26H42N2O7. The van der Waals surface area contributed by atoms with Crippen LogP contribution in [0.1, 0.15) is 52.7 Å². The summed E-state index contributed by atoms with van der Waals surface area (Å²) in [6, 6.07) is 7.82. The summed E-state index contributed by atoms with van der Waals surface area (Å²) in [6.07, 6.45) is -0.797. The van der Waals surface area contributed by atoms with Gasteiger partial charge in [-0.15, -0.1) is 0 Å². The van der Waals surface area contributed by atoms with Gasteiger partial charge in [0.1, 0.15) is 11.2 Å². The Morgan fingerprint density at radius 3 is 1.43 bits per heavy atom. The van der Waals surface area contributed by atoms with Gasteiger partial charge in [0.05, 0.1) is 39.6 Å². The molecule has 35 heavy (non-hydrogen) atoms. The Kier molecular flexibility index (Phi) is 11.3. The maximum Gasteiger partial charge on any atom is 0.410 e. The molecule has 9 nitrogen and oxygen atoms in total. The molecule has 2 bridgehead atoms. The van der Waals surface area contributed by atoms with Crippen molar-refractivity contribution in [3.05, 3.63) is 35.4 Å². The second kappa shape index (κ2) is 13.7. The van der Waals surface area contributed by atoms with Crippen LogP contribution in [0.25, 0.3) is 0 Å². The maximum absolute atomic E-state index is 12.8. The van der Waals surface area contributed by atoms with Crippen LogP contribution in [0.3, 0.4) is 0 Å². The molecule has 2 amide bonds. The third kappa shape index (κ3) is 12.2. The molecule has 9 heteroatoms. The topological polar surface area (TPSA) is 86.8 Å². The van der Waals surface area contributed by atoms with E-state index in [9.17, 15) is 9.59 Å². The summed E-state index contributed by atoms with van der Waals surface area (Å²) in [6.45, 7) is 15.0. The fourth-order valence-corrected chi connectivity index (χ4v) is 3.28. The number of rotatable bonds is 0. The van der Waals surface area contributed by atoms with Gasteiger partial charge in [-0.2, -0.15) is 0 Å². The van der Waals surface area contributed by atoms with Gasteiger partial charge in [-0.1, -0.05) is 24.3 Å². The van der Waals surface area contributed by atoms with Gasteiger partial charge in [0.25, 0.3) is 0 Å². The molecule has 0 N–H and O–H groups in total. The Morgan fingerprint density at radius 1 is 0.686 bits per heavy atom. The van der Waals surface area contributed by atoms with Crippen molar-refractivity contribution in [3.63, 3.8) is 0 Å². The highest BCUT2D eigenvalue weighted by Crippen LogP contribution is 2.17. The number of hydrogen-bond acceptors (Lipinski definition) is 7. The minimum absolute atomic E-state index is 0.359. The highest BCUT2D eigenvalue weighted by Gasteiger charge is 2.24. The number of carbonyl (C=O) groups excluding carboxylic acids is 2. The Bertz CT molecular complexity index is 740. The van der Waals surface area contributed by atoms with Crippen molar-refractivity contribution >= 4 is 12.2 Å². The highest BCUT2D eigenvalue weighted by molar-refractivity contribution is 5.68. The van der Waals surface area contributed by atoms with E-state index in [2.05, 4.69) is 0 Å². The van der Waals surface area contributed by atoms with Gasteiger partial charge in [-0.3, -0.25) is 0 Å². The fraction of sp³-hybridized carbons (Fsp3) is 0.692. The lowest BCUT2D eigenvalue weighted by Gasteiger charge is -2.28. The summed E-state index contributed by atoms with van der Waals surface area (Å²) in [4.78, 5) is 29.0. The van der Waals surface area contributed by atoms with Gasteiger partial charge >= 0.3 is 12.2 Å². The normalized spacial score (nSPS) is 17.8. The molecule has 0 radical (unpaired) electrons. The van der Waals surface area contributed by atoms with Crippen LogP contribution in [0.2, 0.25) is 0 Å². The van der Waals surface area contributed by atoms with E-state index in [0.717, 1.165) is 11.1 Å². The number of hydrogen-bond donors (Lipinski definition) is 0. The number of carbonyl (C=O) groups is 2. The molecule has 198 valence electrons. The summed E-state index contributed by atoms with van der Waals surface area (Å²) in [5.41, 5.74) is 0.655. The molecule has 0 aliphatic carbocycles. The third-order valence-corrected chi connectivity index (χ3v) is 4.80. The standard InChI is InChI=1S/C26H42N2O7/c1-25(2,3)34-23(29)27-10-12-31-14-16-33-17-15-32-13-11-28(24(30)35-26(4,5)6)20-22-9-7-8-21(18-22)19-27/h7-9,18H,10-17,19-20H2,1-6H3. The zero-order valence-electron chi connectivity index (χ0n) is 22.1. The summed E-state index contributed by atoms with van der Waals surface area (Å²) >= 11 is 0. The molecule has 1 aromatic carbocycles. The minimum Gasteiger partial charge on any atom is -0.444 e. The SMILES string of the molecule is CC(C)(C)OC(=O)N1CCOCCOCCOCCN(C(=O)OC(C)(C)C)Cc2cccc(c2)C1. The van der Waals surface area contributed by atoms with E-state index in [1.807, 2.05) is 65.8 Å². The van der Waals surface area contributed by atoms with E-state index < -0.39 is 23.4 Å². The van der Waals surface area contributed by atoms with Crippen LogP contribution < -0.4 is 0 Å². The lowest BCUT2D eigenvalue weighted by molar-refractivity contribution is -0.00490. The largest absolute Gasteiger partial charge is 0.444 e. The second-order valence-corrected chi connectivity index (χ2v) is 10.5. The third-order valence-electron chi connectivity index (χ3n) is 4.80. The molecule has 0 fully saturated rings. The first kappa shape index (κ1) is 28.9. The monoisotopic (exact) mass is 494 g/mol. The van der Waals surface area contributed by atoms with E-state index >= 15 is 0 Å². The quantitative estimate of drug-likeness (QED) is 0.534. The molecular weight excluding hydrogens is 452 g/mol. The minimum atomic E-state index is -0.602. The van der Waals surface area contributed by atoms with E-state index in [4.69, 9.17) is 23.7 Å². The summed E-state index contributed by atoms with van der Waals surface area (Å²) in [5.74, 6) is 0.